The van der Waals surface area contributed by atoms with Gasteiger partial charge < -0.3 is 14.8 Å². The summed E-state index contributed by atoms with van der Waals surface area (Å²) in [5.74, 6) is 0. The molecular formula is C11H21NO2. The molecule has 2 atom stereocenters. The summed E-state index contributed by atoms with van der Waals surface area (Å²) in [7, 11) is 0. The minimum Gasteiger partial charge on any atom is -0.379 e. The highest BCUT2D eigenvalue weighted by Crippen LogP contribution is 2.11. The summed E-state index contributed by atoms with van der Waals surface area (Å²) >= 11 is 0. The number of hydrogen-bond acceptors (Lipinski definition) is 3. The third kappa shape index (κ3) is 4.94. The number of nitrogens with one attached hydrogen (secondary N) is 1. The smallest absolute Gasteiger partial charge is 0.104 e. The molecule has 0 bridgehead atoms. The van der Waals surface area contributed by atoms with Crippen LogP contribution in [0.5, 0.6) is 0 Å². The predicted octanol–water partition coefficient (Wildman–Crippen LogP) is 1.32. The molecule has 0 radical (unpaired) electrons. The van der Waals surface area contributed by atoms with E-state index in [0.29, 0.717) is 6.10 Å². The van der Waals surface area contributed by atoms with Crippen LogP contribution >= 0.6 is 0 Å². The number of unbranched alkanes of at least 4 members (excludes halogenated alkanes) is 3. The molecule has 0 amide bonds. The molecule has 0 aliphatic carbocycles. The molecule has 2 rings (SSSR count). The molecule has 0 aromatic rings. The van der Waals surface area contributed by atoms with Crippen molar-refractivity contribution in [1.82, 2.24) is 5.32 Å². The van der Waals surface area contributed by atoms with Gasteiger partial charge in [0.05, 0.1) is 13.2 Å². The Balaban J connectivity index is 1.25. The van der Waals surface area contributed by atoms with E-state index in [-0.39, 0.29) is 0 Å². The van der Waals surface area contributed by atoms with Crippen molar-refractivity contribution in [1.29, 1.82) is 0 Å². The molecule has 2 unspecified atom stereocenters. The van der Waals surface area contributed by atoms with Crippen LogP contribution in [0.1, 0.15) is 32.1 Å². The zero-order valence-corrected chi connectivity index (χ0v) is 8.84. The Morgan fingerprint density at radius 3 is 2.71 bits per heavy atom. The molecule has 2 heterocycles. The normalized spacial score (nSPS) is 29.1. The molecule has 2 fully saturated rings. The topological polar surface area (TPSA) is 43.7 Å². The fraction of sp³-hybridized carbons (Fsp3) is 1.00. The van der Waals surface area contributed by atoms with Crippen LogP contribution in [0.15, 0.2) is 0 Å². The lowest BCUT2D eigenvalue weighted by Crippen LogP contribution is -2.02. The highest BCUT2D eigenvalue weighted by molar-refractivity contribution is 4.82. The molecule has 0 spiro atoms. The molecular weight excluding hydrogens is 178 g/mol. The van der Waals surface area contributed by atoms with Crippen molar-refractivity contribution in [2.75, 3.05) is 26.4 Å². The second-order valence-corrected chi connectivity index (χ2v) is 4.34. The van der Waals surface area contributed by atoms with Crippen LogP contribution in [0.4, 0.5) is 0 Å². The van der Waals surface area contributed by atoms with Crippen LogP contribution in [0.25, 0.3) is 0 Å². The zero-order chi connectivity index (χ0) is 9.64. The molecule has 3 heteroatoms. The van der Waals surface area contributed by atoms with E-state index in [1.54, 1.807) is 0 Å². The highest BCUT2D eigenvalue weighted by Gasteiger charge is 2.22. The monoisotopic (exact) mass is 199 g/mol. The van der Waals surface area contributed by atoms with Crippen molar-refractivity contribution < 1.29 is 9.47 Å². The fourth-order valence-corrected chi connectivity index (χ4v) is 1.61. The molecule has 2 aliphatic rings. The zero-order valence-electron chi connectivity index (χ0n) is 8.84. The van der Waals surface area contributed by atoms with Crippen molar-refractivity contribution in [3.05, 3.63) is 0 Å². The molecule has 0 aromatic heterocycles. The van der Waals surface area contributed by atoms with E-state index in [4.69, 9.17) is 9.47 Å². The Hall–Kier alpha value is -0.120. The van der Waals surface area contributed by atoms with Crippen molar-refractivity contribution in [2.45, 2.75) is 44.2 Å². The SMILES string of the molecule is C(CCCC1CN1)CCOCC1CO1. The molecule has 2 saturated heterocycles. The van der Waals surface area contributed by atoms with E-state index >= 15 is 0 Å². The first kappa shape index (κ1) is 10.4. The first-order valence-corrected chi connectivity index (χ1v) is 5.88. The Morgan fingerprint density at radius 1 is 1.21 bits per heavy atom. The predicted molar refractivity (Wildman–Crippen MR) is 55.4 cm³/mol. The van der Waals surface area contributed by atoms with Gasteiger partial charge in [0.1, 0.15) is 6.10 Å². The summed E-state index contributed by atoms with van der Waals surface area (Å²) in [6.07, 6.45) is 7.07. The van der Waals surface area contributed by atoms with Crippen molar-refractivity contribution in [3.63, 3.8) is 0 Å². The van der Waals surface area contributed by atoms with Gasteiger partial charge in [0.15, 0.2) is 0 Å². The van der Waals surface area contributed by atoms with Crippen LogP contribution in [0.2, 0.25) is 0 Å². The van der Waals surface area contributed by atoms with E-state index in [2.05, 4.69) is 5.32 Å². The second-order valence-electron chi connectivity index (χ2n) is 4.34. The third-order valence-corrected chi connectivity index (χ3v) is 2.79. The van der Waals surface area contributed by atoms with Gasteiger partial charge in [-0.25, -0.2) is 0 Å². The maximum Gasteiger partial charge on any atom is 0.104 e. The lowest BCUT2D eigenvalue weighted by atomic mass is 10.1. The first-order valence-electron chi connectivity index (χ1n) is 5.88. The first-order chi connectivity index (χ1) is 6.95. The minimum absolute atomic E-state index is 0.427. The van der Waals surface area contributed by atoms with Gasteiger partial charge in [-0.3, -0.25) is 0 Å². The summed E-state index contributed by atoms with van der Waals surface area (Å²) in [5.41, 5.74) is 0. The van der Waals surface area contributed by atoms with Crippen LogP contribution in [0.3, 0.4) is 0 Å². The van der Waals surface area contributed by atoms with Crippen LogP contribution in [-0.4, -0.2) is 38.5 Å². The fourth-order valence-electron chi connectivity index (χ4n) is 1.61. The summed E-state index contributed by atoms with van der Waals surface area (Å²) in [5, 5.41) is 3.33. The maximum absolute atomic E-state index is 5.46. The summed E-state index contributed by atoms with van der Waals surface area (Å²) in [6.45, 7) is 3.90. The van der Waals surface area contributed by atoms with Gasteiger partial charge in [-0.05, 0) is 12.8 Å². The standard InChI is InChI=1S/C11H21NO2/c1(3-5-10-7-12-10)2-4-6-13-8-11-9-14-11/h10-12H,1-9H2. The molecule has 0 saturated carbocycles. The Bertz CT molecular complexity index is 137. The molecule has 3 nitrogen and oxygen atoms in total. The molecule has 82 valence electrons. The quantitative estimate of drug-likeness (QED) is 0.450. The largest absolute Gasteiger partial charge is 0.379 e. The van der Waals surface area contributed by atoms with E-state index in [0.717, 1.165) is 25.9 Å². The van der Waals surface area contributed by atoms with Gasteiger partial charge >= 0.3 is 0 Å². The Morgan fingerprint density at radius 2 is 2.00 bits per heavy atom. The third-order valence-electron chi connectivity index (χ3n) is 2.79. The van der Waals surface area contributed by atoms with Crippen molar-refractivity contribution in [2.24, 2.45) is 0 Å². The van der Waals surface area contributed by atoms with Crippen molar-refractivity contribution in [3.8, 4) is 0 Å². The summed E-state index contributed by atoms with van der Waals surface area (Å²) in [4.78, 5) is 0. The van der Waals surface area contributed by atoms with Crippen LogP contribution in [-0.2, 0) is 9.47 Å². The molecule has 0 aromatic carbocycles. The maximum atomic E-state index is 5.46. The van der Waals surface area contributed by atoms with Gasteiger partial charge in [0, 0.05) is 19.2 Å². The average Bonchev–Trinajstić information content (AvgIpc) is 3.00. The van der Waals surface area contributed by atoms with E-state index in [1.165, 1.54) is 38.6 Å². The number of rotatable bonds is 9. The van der Waals surface area contributed by atoms with Gasteiger partial charge in [0.2, 0.25) is 0 Å². The number of epoxide rings is 1. The van der Waals surface area contributed by atoms with Gasteiger partial charge in [0.25, 0.3) is 0 Å². The van der Waals surface area contributed by atoms with Gasteiger partial charge in [-0.1, -0.05) is 19.3 Å². The Kier molecular flexibility index (Phi) is 4.22. The number of ether oxygens (including phenoxy) is 2. The Labute approximate surface area is 86.2 Å². The summed E-state index contributed by atoms with van der Waals surface area (Å²) in [6, 6.07) is 0.860. The average molecular weight is 199 g/mol. The lowest BCUT2D eigenvalue weighted by Gasteiger charge is -2.01. The van der Waals surface area contributed by atoms with E-state index in [1.807, 2.05) is 0 Å². The van der Waals surface area contributed by atoms with Crippen LogP contribution < -0.4 is 5.32 Å². The van der Waals surface area contributed by atoms with Gasteiger partial charge in [-0.15, -0.1) is 0 Å². The second kappa shape index (κ2) is 5.69. The van der Waals surface area contributed by atoms with Crippen LogP contribution in [0, 0.1) is 0 Å². The van der Waals surface area contributed by atoms with E-state index < -0.39 is 0 Å². The van der Waals surface area contributed by atoms with Crippen molar-refractivity contribution >= 4 is 0 Å². The summed E-state index contributed by atoms with van der Waals surface area (Å²) < 4.78 is 10.5. The van der Waals surface area contributed by atoms with Gasteiger partial charge in [-0.2, -0.15) is 0 Å². The molecule has 14 heavy (non-hydrogen) atoms. The highest BCUT2D eigenvalue weighted by atomic mass is 16.6. The van der Waals surface area contributed by atoms with E-state index in [9.17, 15) is 0 Å². The lowest BCUT2D eigenvalue weighted by molar-refractivity contribution is 0.113. The number of hydrogen-bond donors (Lipinski definition) is 1. The minimum atomic E-state index is 0.427. The molecule has 1 N–H and O–H groups in total. The molecule has 2 aliphatic heterocycles.